The van der Waals surface area contributed by atoms with Gasteiger partial charge < -0.3 is 24.4 Å². The summed E-state index contributed by atoms with van der Waals surface area (Å²) in [5, 5.41) is 9.36. The van der Waals surface area contributed by atoms with Crippen LogP contribution in [0.1, 0.15) is 73.4 Å². The Kier molecular flexibility index (Phi) is 10.8. The average Bonchev–Trinajstić information content (AvgIpc) is 3.69. The van der Waals surface area contributed by atoms with Crippen LogP contribution in [0.2, 0.25) is 0 Å². The predicted octanol–water partition coefficient (Wildman–Crippen LogP) is 3.31. The summed E-state index contributed by atoms with van der Waals surface area (Å²) in [6.45, 7) is 6.61. The molecule has 1 unspecified atom stereocenters. The van der Waals surface area contributed by atoms with E-state index in [0.29, 0.717) is 35.3 Å². The third-order valence-electron chi connectivity index (χ3n) is 9.12. The molecule has 0 saturated heterocycles. The highest BCUT2D eigenvalue weighted by molar-refractivity contribution is 5.98. The maximum Gasteiger partial charge on any atom is 0.431 e. The van der Waals surface area contributed by atoms with Crippen LogP contribution in [0.15, 0.2) is 40.2 Å². The van der Waals surface area contributed by atoms with Gasteiger partial charge in [-0.2, -0.15) is 5.01 Å². The highest BCUT2D eigenvalue weighted by Crippen LogP contribution is 2.39. The number of ether oxygens (including phenoxy) is 3. The number of nitrogens with zero attached hydrogens (tertiary/aromatic N) is 6. The summed E-state index contributed by atoms with van der Waals surface area (Å²) in [5.74, 6) is -2.19. The Bertz CT molecular complexity index is 2010. The topological polar surface area (TPSA) is 177 Å². The highest BCUT2D eigenvalue weighted by Gasteiger charge is 2.33. The number of nitrogens with one attached hydrogen (secondary N) is 2. The molecule has 0 fully saturated rings. The van der Waals surface area contributed by atoms with Gasteiger partial charge in [-0.1, -0.05) is 0 Å². The number of benzene rings is 2. The van der Waals surface area contributed by atoms with Crippen molar-refractivity contribution in [1.29, 1.82) is 0 Å². The fourth-order valence-corrected chi connectivity index (χ4v) is 6.17. The molecule has 0 spiro atoms. The van der Waals surface area contributed by atoms with E-state index in [4.69, 9.17) is 14.2 Å². The normalized spacial score (nSPS) is 16.1. The van der Waals surface area contributed by atoms with Crippen LogP contribution < -0.4 is 21.3 Å². The molecule has 17 heteroatoms. The maximum atomic E-state index is 15.6. The number of halogens is 1. The summed E-state index contributed by atoms with van der Waals surface area (Å²) < 4.78 is 31.9. The number of aryl methyl sites for hydroxylation is 2. The van der Waals surface area contributed by atoms with Gasteiger partial charge in [0.05, 0.1) is 42.1 Å². The van der Waals surface area contributed by atoms with Crippen LogP contribution in [-0.4, -0.2) is 83.8 Å². The number of rotatable bonds is 10. The van der Waals surface area contributed by atoms with Crippen molar-refractivity contribution < 1.29 is 37.8 Å². The summed E-state index contributed by atoms with van der Waals surface area (Å²) in [5.41, 5.74) is 4.17. The van der Waals surface area contributed by atoms with Crippen LogP contribution in [0.3, 0.4) is 0 Å². The number of carbonyl (C=O) groups is 4. The number of aromatic nitrogens is 2. The van der Waals surface area contributed by atoms with Crippen LogP contribution in [0.5, 0.6) is 0 Å². The quantitative estimate of drug-likeness (QED) is 0.231. The number of hydrazine groups is 2. The van der Waals surface area contributed by atoms with Gasteiger partial charge in [-0.25, -0.2) is 24.5 Å². The number of hydrazone groups is 1. The minimum Gasteiger partial charge on any atom is -0.467 e. The zero-order valence-corrected chi connectivity index (χ0v) is 30.4. The second-order valence-electron chi connectivity index (χ2n) is 13.6. The Morgan fingerprint density at radius 2 is 1.87 bits per heavy atom. The van der Waals surface area contributed by atoms with E-state index in [1.807, 2.05) is 11.0 Å². The van der Waals surface area contributed by atoms with E-state index in [1.54, 1.807) is 46.9 Å². The fourth-order valence-electron chi connectivity index (χ4n) is 6.17. The molecule has 1 aliphatic carbocycles. The highest BCUT2D eigenvalue weighted by atomic mass is 19.1. The van der Waals surface area contributed by atoms with Crippen molar-refractivity contribution in [3.8, 4) is 0 Å². The van der Waals surface area contributed by atoms with Gasteiger partial charge in [0.2, 0.25) is 0 Å². The average molecular weight is 723 g/mol. The maximum absolute atomic E-state index is 15.6. The molecule has 52 heavy (non-hydrogen) atoms. The van der Waals surface area contributed by atoms with E-state index in [1.165, 1.54) is 36.0 Å². The van der Waals surface area contributed by atoms with Crippen molar-refractivity contribution in [2.45, 2.75) is 72.2 Å². The molecule has 278 valence electrons. The molecule has 0 bridgehead atoms. The van der Waals surface area contributed by atoms with Crippen molar-refractivity contribution in [3.05, 3.63) is 69.0 Å². The molecule has 5 rings (SSSR count). The molecule has 2 aromatic carbocycles. The lowest BCUT2D eigenvalue weighted by Gasteiger charge is -2.28. The summed E-state index contributed by atoms with van der Waals surface area (Å²) in [6.07, 6.45) is 0.734. The first kappa shape index (κ1) is 37.7. The van der Waals surface area contributed by atoms with Crippen molar-refractivity contribution in [2.24, 2.45) is 10.5 Å². The third-order valence-corrected chi connectivity index (χ3v) is 9.12. The van der Waals surface area contributed by atoms with E-state index >= 15 is 4.39 Å². The zero-order valence-electron chi connectivity index (χ0n) is 30.4. The number of fused-ring (bicyclic) bond motifs is 2. The Labute approximate surface area is 299 Å². The molecule has 2 aliphatic rings. The zero-order chi connectivity index (χ0) is 38.1. The molecular weight excluding hydrogens is 679 g/mol. The van der Waals surface area contributed by atoms with Gasteiger partial charge in [0.1, 0.15) is 17.7 Å². The fraction of sp³-hybridized carbons (Fsp3) is 0.457. The van der Waals surface area contributed by atoms with Gasteiger partial charge in [-0.15, -0.1) is 10.2 Å². The van der Waals surface area contributed by atoms with Gasteiger partial charge in [-0.05, 0) is 88.4 Å². The molecule has 2 heterocycles. The first-order valence-electron chi connectivity index (χ1n) is 16.6. The number of amides is 2. The number of esters is 2. The number of methoxy groups -OCH3 is 2. The Morgan fingerprint density at radius 3 is 2.52 bits per heavy atom. The summed E-state index contributed by atoms with van der Waals surface area (Å²) in [4.78, 5) is 70.4. The van der Waals surface area contributed by atoms with Crippen molar-refractivity contribution in [2.75, 3.05) is 33.2 Å². The number of amidine groups is 1. The second kappa shape index (κ2) is 15.0. The Hall–Kier alpha value is -5.58. The SMILES string of the molecule is COC(=O)[C@H](CCC1=NNN(C)N1C(=O)OC)NC(=O)c1ccc(N(C)C2CCc3cc4nc(C)n(COC(=O)C(C)(C)C)c(=O)c4cc32)cc1F. The Morgan fingerprint density at radius 1 is 1.13 bits per heavy atom. The molecule has 3 aromatic rings. The van der Waals surface area contributed by atoms with Crippen LogP contribution in [0.25, 0.3) is 10.9 Å². The van der Waals surface area contributed by atoms with Gasteiger partial charge >= 0.3 is 18.0 Å². The number of anilines is 1. The van der Waals surface area contributed by atoms with E-state index in [2.05, 4.69) is 20.9 Å². The lowest BCUT2D eigenvalue weighted by molar-refractivity contribution is -0.157. The number of hydrogen-bond acceptors (Lipinski definition) is 13. The van der Waals surface area contributed by atoms with Gasteiger partial charge in [0.15, 0.2) is 12.6 Å². The van der Waals surface area contributed by atoms with Crippen molar-refractivity contribution >= 4 is 46.4 Å². The number of hydrogen-bond donors (Lipinski definition) is 2. The van der Waals surface area contributed by atoms with Crippen molar-refractivity contribution in [3.63, 3.8) is 0 Å². The largest absolute Gasteiger partial charge is 0.467 e. The van der Waals surface area contributed by atoms with Crippen LogP contribution in [0, 0.1) is 18.2 Å². The lowest BCUT2D eigenvalue weighted by atomic mass is 9.98. The molecular formula is C35H43FN8O8. The van der Waals surface area contributed by atoms with E-state index in [0.717, 1.165) is 23.2 Å². The molecule has 2 amide bonds. The van der Waals surface area contributed by atoms with Crippen LogP contribution in [-0.2, 0) is 37.0 Å². The molecule has 0 saturated carbocycles. The van der Waals surface area contributed by atoms with Gasteiger partial charge in [0.25, 0.3) is 11.5 Å². The first-order valence-corrected chi connectivity index (χ1v) is 16.6. The summed E-state index contributed by atoms with van der Waals surface area (Å²) in [6, 6.07) is 6.49. The molecule has 2 atom stereocenters. The third kappa shape index (κ3) is 7.54. The van der Waals surface area contributed by atoms with Crippen LogP contribution in [0.4, 0.5) is 14.9 Å². The van der Waals surface area contributed by atoms with Gasteiger partial charge in [0, 0.05) is 26.2 Å². The van der Waals surface area contributed by atoms with E-state index in [-0.39, 0.29) is 42.6 Å². The molecule has 1 aromatic heterocycles. The van der Waals surface area contributed by atoms with E-state index in [9.17, 15) is 24.0 Å². The van der Waals surface area contributed by atoms with Crippen molar-refractivity contribution in [1.82, 2.24) is 30.5 Å². The second-order valence-corrected chi connectivity index (χ2v) is 13.6. The molecule has 16 nitrogen and oxygen atoms in total. The monoisotopic (exact) mass is 722 g/mol. The molecule has 1 aliphatic heterocycles. The predicted molar refractivity (Wildman–Crippen MR) is 187 cm³/mol. The standard InChI is InChI=1S/C35H43FN8O8/c1-19-37-27-15-20-9-13-28(23(20)17-24(27)31(46)43(19)18-52-33(48)35(2,3)4)41(5)21-10-11-22(25(36)16-21)30(45)38-26(32(47)50-7)12-14-29-39-40-42(6)44(29)34(49)51-8/h10-11,15-17,26,28,40H,9,12-14,18H2,1-8H3,(H,38,45)/t26-,28?/m0/s1. The summed E-state index contributed by atoms with van der Waals surface area (Å²) >= 11 is 0. The van der Waals surface area contributed by atoms with Crippen LogP contribution >= 0.6 is 0 Å². The first-order chi connectivity index (χ1) is 24.5. The van der Waals surface area contributed by atoms with E-state index < -0.39 is 41.2 Å². The molecule has 0 radical (unpaired) electrons. The van der Waals surface area contributed by atoms with Gasteiger partial charge in [-0.3, -0.25) is 19.0 Å². The molecule has 2 N–H and O–H groups in total. The summed E-state index contributed by atoms with van der Waals surface area (Å²) in [7, 11) is 5.72. The number of carbonyl (C=O) groups excluding carboxylic acids is 4. The minimum absolute atomic E-state index is 0.0132. The Balaban J connectivity index is 1.32. The smallest absolute Gasteiger partial charge is 0.431 e. The minimum atomic E-state index is -1.18. The lowest BCUT2D eigenvalue weighted by Crippen LogP contribution is -2.47.